The average Bonchev–Trinajstić information content (AvgIpc) is 2.63. The fourth-order valence-electron chi connectivity index (χ4n) is 4.33. The van der Waals surface area contributed by atoms with Gasteiger partial charge in [-0.1, -0.05) is 18.6 Å². The lowest BCUT2D eigenvalue weighted by molar-refractivity contribution is -0.124. The maximum Gasteiger partial charge on any atom is 0.235 e. The van der Waals surface area contributed by atoms with Crippen molar-refractivity contribution in [1.82, 2.24) is 4.90 Å². The van der Waals surface area contributed by atoms with E-state index in [0.717, 1.165) is 56.7 Å². The molecule has 2 aromatic carbocycles. The number of carbonyl (C=O) groups excluding carboxylic acids is 1. The highest BCUT2D eigenvalue weighted by atomic mass is 19.1. The average molecular weight is 381 g/mol. The number of rotatable bonds is 4. The third kappa shape index (κ3) is 3.51. The molecule has 1 saturated heterocycles. The fourth-order valence-corrected chi connectivity index (χ4v) is 4.33. The van der Waals surface area contributed by atoms with Gasteiger partial charge >= 0.3 is 0 Å². The molecule has 4 nitrogen and oxygen atoms in total. The molecule has 148 valence electrons. The monoisotopic (exact) mass is 381 g/mol. The standard InChI is InChI=1S/C23H28FN3O/c1-17-16-20(8-9-21(17)27-14-12-26(2)13-15-27)25-22(28)23(10-3-11-23)18-4-6-19(24)7-5-18/h4-9,16H,3,10-15H2,1-2H3,(H,25,28). The number of piperazine rings is 1. The van der Waals surface area contributed by atoms with E-state index in [-0.39, 0.29) is 11.7 Å². The molecule has 1 heterocycles. The SMILES string of the molecule is Cc1cc(NC(=O)C2(c3ccc(F)cc3)CCC2)ccc1N1CCN(C)CC1. The molecule has 0 radical (unpaired) electrons. The molecule has 0 aromatic heterocycles. The van der Waals surface area contributed by atoms with E-state index >= 15 is 0 Å². The summed E-state index contributed by atoms with van der Waals surface area (Å²) in [6, 6.07) is 12.5. The van der Waals surface area contributed by atoms with Crippen molar-refractivity contribution in [2.75, 3.05) is 43.4 Å². The van der Waals surface area contributed by atoms with Crippen LogP contribution in [0.2, 0.25) is 0 Å². The first-order valence-electron chi connectivity index (χ1n) is 10.1. The zero-order chi connectivity index (χ0) is 19.7. The van der Waals surface area contributed by atoms with Crippen molar-refractivity contribution in [2.24, 2.45) is 0 Å². The summed E-state index contributed by atoms with van der Waals surface area (Å²) in [6.07, 6.45) is 2.64. The Morgan fingerprint density at radius 2 is 1.71 bits per heavy atom. The van der Waals surface area contributed by atoms with Gasteiger partial charge in [-0.15, -0.1) is 0 Å². The molecule has 0 spiro atoms. The fraction of sp³-hybridized carbons (Fsp3) is 0.435. The molecule has 0 bridgehead atoms. The number of hydrogen-bond donors (Lipinski definition) is 1. The van der Waals surface area contributed by atoms with Crippen molar-refractivity contribution in [3.05, 3.63) is 59.4 Å². The van der Waals surface area contributed by atoms with Crippen LogP contribution < -0.4 is 10.2 Å². The Hall–Kier alpha value is -2.40. The second-order valence-corrected chi connectivity index (χ2v) is 8.19. The first-order valence-corrected chi connectivity index (χ1v) is 10.1. The van der Waals surface area contributed by atoms with Gasteiger partial charge in [0.05, 0.1) is 5.41 Å². The lowest BCUT2D eigenvalue weighted by Crippen LogP contribution is -2.46. The molecular formula is C23H28FN3O. The number of anilines is 2. The van der Waals surface area contributed by atoms with Crippen LogP contribution in [-0.4, -0.2) is 44.0 Å². The lowest BCUT2D eigenvalue weighted by atomic mass is 9.64. The number of likely N-dealkylation sites (N-methyl/N-ethyl adjacent to an activating group) is 1. The van der Waals surface area contributed by atoms with Crippen LogP contribution in [0.25, 0.3) is 0 Å². The zero-order valence-corrected chi connectivity index (χ0v) is 16.7. The quantitative estimate of drug-likeness (QED) is 0.871. The van der Waals surface area contributed by atoms with E-state index in [4.69, 9.17) is 0 Å². The summed E-state index contributed by atoms with van der Waals surface area (Å²) in [6.45, 7) is 6.28. The number of halogens is 1. The van der Waals surface area contributed by atoms with Crippen molar-refractivity contribution < 1.29 is 9.18 Å². The van der Waals surface area contributed by atoms with E-state index in [9.17, 15) is 9.18 Å². The summed E-state index contributed by atoms with van der Waals surface area (Å²) in [7, 11) is 2.15. The Balaban J connectivity index is 1.50. The van der Waals surface area contributed by atoms with Crippen molar-refractivity contribution in [3.63, 3.8) is 0 Å². The molecule has 2 fully saturated rings. The number of nitrogens with zero attached hydrogens (tertiary/aromatic N) is 2. The maximum atomic E-state index is 13.3. The first kappa shape index (κ1) is 18.9. The van der Waals surface area contributed by atoms with Crippen LogP contribution in [0.15, 0.2) is 42.5 Å². The van der Waals surface area contributed by atoms with Gasteiger partial charge in [0.25, 0.3) is 0 Å². The van der Waals surface area contributed by atoms with Crippen LogP contribution in [0.1, 0.15) is 30.4 Å². The normalized spacial score (nSPS) is 19.2. The van der Waals surface area contributed by atoms with Crippen LogP contribution in [0, 0.1) is 12.7 Å². The first-order chi connectivity index (χ1) is 13.5. The van der Waals surface area contributed by atoms with Gasteiger partial charge in [-0.05, 0) is 68.3 Å². The lowest BCUT2D eigenvalue weighted by Gasteiger charge is -2.40. The molecule has 1 aliphatic carbocycles. The molecule has 2 aromatic rings. The van der Waals surface area contributed by atoms with E-state index < -0.39 is 5.41 Å². The second kappa shape index (κ2) is 7.55. The van der Waals surface area contributed by atoms with Gasteiger partial charge in [0, 0.05) is 37.6 Å². The van der Waals surface area contributed by atoms with E-state index in [1.165, 1.54) is 23.4 Å². The van der Waals surface area contributed by atoms with Crippen molar-refractivity contribution >= 4 is 17.3 Å². The number of hydrogen-bond acceptors (Lipinski definition) is 3. The second-order valence-electron chi connectivity index (χ2n) is 8.19. The third-order valence-electron chi connectivity index (χ3n) is 6.34. The predicted molar refractivity (Wildman–Crippen MR) is 111 cm³/mol. The molecule has 1 amide bonds. The Morgan fingerprint density at radius 1 is 1.04 bits per heavy atom. The topological polar surface area (TPSA) is 35.6 Å². The van der Waals surface area contributed by atoms with Crippen LogP contribution in [0.3, 0.4) is 0 Å². The minimum Gasteiger partial charge on any atom is -0.369 e. The number of amides is 1. The van der Waals surface area contributed by atoms with Crippen LogP contribution in [0.4, 0.5) is 15.8 Å². The Labute approximate surface area is 166 Å². The van der Waals surface area contributed by atoms with Gasteiger partial charge in [0.15, 0.2) is 0 Å². The zero-order valence-electron chi connectivity index (χ0n) is 16.7. The molecular weight excluding hydrogens is 353 g/mol. The molecule has 2 aliphatic rings. The van der Waals surface area contributed by atoms with Crippen molar-refractivity contribution in [2.45, 2.75) is 31.6 Å². The van der Waals surface area contributed by atoms with Gasteiger partial charge < -0.3 is 15.1 Å². The summed E-state index contributed by atoms with van der Waals surface area (Å²) in [5.74, 6) is -0.258. The number of carbonyl (C=O) groups is 1. The number of aryl methyl sites for hydroxylation is 1. The Bertz CT molecular complexity index is 853. The molecule has 4 rings (SSSR count). The molecule has 1 saturated carbocycles. The molecule has 1 aliphatic heterocycles. The van der Waals surface area contributed by atoms with Gasteiger partial charge in [-0.25, -0.2) is 4.39 Å². The Kier molecular flexibility index (Phi) is 5.11. The van der Waals surface area contributed by atoms with Gasteiger partial charge in [-0.2, -0.15) is 0 Å². The van der Waals surface area contributed by atoms with Crippen molar-refractivity contribution in [1.29, 1.82) is 0 Å². The summed E-state index contributed by atoms with van der Waals surface area (Å²) < 4.78 is 13.3. The number of benzene rings is 2. The molecule has 5 heteroatoms. The van der Waals surface area contributed by atoms with Gasteiger partial charge in [0.1, 0.15) is 5.82 Å². The van der Waals surface area contributed by atoms with Crippen LogP contribution >= 0.6 is 0 Å². The highest BCUT2D eigenvalue weighted by molar-refractivity contribution is 6.00. The predicted octanol–water partition coefficient (Wildman–Crippen LogP) is 3.95. The smallest absolute Gasteiger partial charge is 0.235 e. The minimum absolute atomic E-state index is 0.0112. The molecule has 28 heavy (non-hydrogen) atoms. The van der Waals surface area contributed by atoms with Crippen LogP contribution in [-0.2, 0) is 10.2 Å². The molecule has 0 unspecified atom stereocenters. The summed E-state index contributed by atoms with van der Waals surface area (Å²) in [4.78, 5) is 17.9. The minimum atomic E-state index is -0.530. The highest BCUT2D eigenvalue weighted by Gasteiger charge is 2.45. The van der Waals surface area contributed by atoms with E-state index in [0.29, 0.717) is 0 Å². The van der Waals surface area contributed by atoms with Gasteiger partial charge in [0.2, 0.25) is 5.91 Å². The summed E-state index contributed by atoms with van der Waals surface area (Å²) >= 11 is 0. The maximum absolute atomic E-state index is 13.3. The van der Waals surface area contributed by atoms with E-state index in [1.807, 2.05) is 6.07 Å². The number of nitrogens with one attached hydrogen (secondary N) is 1. The highest BCUT2D eigenvalue weighted by Crippen LogP contribution is 2.44. The third-order valence-corrected chi connectivity index (χ3v) is 6.34. The van der Waals surface area contributed by atoms with E-state index in [1.54, 1.807) is 12.1 Å². The van der Waals surface area contributed by atoms with Crippen LogP contribution in [0.5, 0.6) is 0 Å². The summed E-state index contributed by atoms with van der Waals surface area (Å²) in [5.41, 5.74) is 3.62. The largest absolute Gasteiger partial charge is 0.369 e. The summed E-state index contributed by atoms with van der Waals surface area (Å²) in [5, 5.41) is 3.12. The Morgan fingerprint density at radius 3 is 2.29 bits per heavy atom. The molecule has 1 N–H and O–H groups in total. The molecule has 0 atom stereocenters. The van der Waals surface area contributed by atoms with E-state index in [2.05, 4.69) is 41.2 Å². The van der Waals surface area contributed by atoms with Gasteiger partial charge in [-0.3, -0.25) is 4.79 Å². The van der Waals surface area contributed by atoms with Crippen molar-refractivity contribution in [3.8, 4) is 0 Å².